The van der Waals surface area contributed by atoms with Crippen LogP contribution in [-0.4, -0.2) is 26.1 Å². The number of aromatic amines is 1. The third-order valence-electron chi connectivity index (χ3n) is 3.52. The van der Waals surface area contributed by atoms with Crippen molar-refractivity contribution in [2.24, 2.45) is 0 Å². The molecule has 0 spiro atoms. The van der Waals surface area contributed by atoms with Gasteiger partial charge in [-0.25, -0.2) is 9.97 Å². The van der Waals surface area contributed by atoms with Crippen molar-refractivity contribution in [3.05, 3.63) is 59.9 Å². The lowest BCUT2D eigenvalue weighted by atomic mass is 10.2. The Balaban J connectivity index is 1.39. The third-order valence-corrected chi connectivity index (χ3v) is 4.33. The lowest BCUT2D eigenvalue weighted by Crippen LogP contribution is -2.14. The molecule has 4 aromatic rings. The molecule has 0 saturated heterocycles. The Hall–Kier alpha value is -3.26. The van der Waals surface area contributed by atoms with Gasteiger partial charge in [0.2, 0.25) is 5.91 Å². The first kappa shape index (κ1) is 15.3. The van der Waals surface area contributed by atoms with Crippen molar-refractivity contribution in [3.63, 3.8) is 0 Å². The molecular formula is C17H14N6OS. The van der Waals surface area contributed by atoms with Crippen molar-refractivity contribution in [1.29, 1.82) is 0 Å². The number of carbonyl (C=O) groups is 1. The number of thiazole rings is 1. The van der Waals surface area contributed by atoms with Crippen molar-refractivity contribution >= 4 is 44.8 Å². The second-order valence-electron chi connectivity index (χ2n) is 5.38. The van der Waals surface area contributed by atoms with Gasteiger partial charge in [-0.2, -0.15) is 5.10 Å². The van der Waals surface area contributed by atoms with Gasteiger partial charge in [-0.1, -0.05) is 6.07 Å². The number of carbonyl (C=O) groups excluding carboxylic acids is 1. The van der Waals surface area contributed by atoms with Gasteiger partial charge in [-0.05, 0) is 30.3 Å². The molecule has 3 aromatic heterocycles. The fourth-order valence-electron chi connectivity index (χ4n) is 2.38. The van der Waals surface area contributed by atoms with Crippen LogP contribution in [0.4, 0.5) is 16.6 Å². The largest absolute Gasteiger partial charge is 0.326 e. The molecule has 0 unspecified atom stereocenters. The van der Waals surface area contributed by atoms with Crippen molar-refractivity contribution in [3.8, 4) is 0 Å². The van der Waals surface area contributed by atoms with E-state index in [0.717, 1.165) is 22.4 Å². The van der Waals surface area contributed by atoms with Gasteiger partial charge in [0.1, 0.15) is 5.82 Å². The maximum Gasteiger partial charge on any atom is 0.230 e. The second kappa shape index (κ2) is 6.70. The summed E-state index contributed by atoms with van der Waals surface area (Å²) in [6, 6.07) is 11.2. The van der Waals surface area contributed by atoms with Gasteiger partial charge in [0.15, 0.2) is 5.13 Å². The molecule has 1 amide bonds. The predicted molar refractivity (Wildman–Crippen MR) is 98.1 cm³/mol. The van der Waals surface area contributed by atoms with E-state index in [1.54, 1.807) is 12.4 Å². The molecule has 0 saturated carbocycles. The van der Waals surface area contributed by atoms with Crippen molar-refractivity contribution in [2.75, 3.05) is 10.6 Å². The van der Waals surface area contributed by atoms with Crippen LogP contribution in [0.3, 0.4) is 0 Å². The zero-order valence-electron chi connectivity index (χ0n) is 13.1. The number of aromatic nitrogens is 4. The topological polar surface area (TPSA) is 95.6 Å². The first-order valence-corrected chi connectivity index (χ1v) is 8.50. The minimum absolute atomic E-state index is 0.117. The molecule has 8 heteroatoms. The molecule has 3 heterocycles. The van der Waals surface area contributed by atoms with Gasteiger partial charge in [-0.15, -0.1) is 11.3 Å². The van der Waals surface area contributed by atoms with Crippen LogP contribution in [0.25, 0.3) is 10.9 Å². The van der Waals surface area contributed by atoms with Crippen LogP contribution >= 0.6 is 11.3 Å². The Morgan fingerprint density at radius 2 is 2.20 bits per heavy atom. The van der Waals surface area contributed by atoms with Crippen LogP contribution in [0, 0.1) is 0 Å². The monoisotopic (exact) mass is 350 g/mol. The number of anilines is 3. The summed E-state index contributed by atoms with van der Waals surface area (Å²) in [5.41, 5.74) is 2.32. The first-order valence-electron chi connectivity index (χ1n) is 7.62. The summed E-state index contributed by atoms with van der Waals surface area (Å²) in [4.78, 5) is 20.8. The molecule has 0 aliphatic heterocycles. The molecular weight excluding hydrogens is 336 g/mol. The van der Waals surface area contributed by atoms with Crippen LogP contribution in [0.15, 0.2) is 54.2 Å². The predicted octanol–water partition coefficient (Wildman–Crippen LogP) is 3.34. The fraction of sp³-hybridized carbons (Fsp3) is 0.0588. The SMILES string of the molecule is O=C(Cc1csc(Nc2ccccn2)n1)Nc1ccc2cn[nH]c2c1. The molecule has 0 atom stereocenters. The summed E-state index contributed by atoms with van der Waals surface area (Å²) in [5, 5.41) is 16.4. The van der Waals surface area contributed by atoms with Crippen molar-refractivity contribution in [1.82, 2.24) is 20.2 Å². The number of H-pyrrole nitrogens is 1. The number of pyridine rings is 1. The first-order chi connectivity index (χ1) is 12.3. The smallest absolute Gasteiger partial charge is 0.230 e. The van der Waals surface area contributed by atoms with E-state index in [0.29, 0.717) is 10.8 Å². The molecule has 7 nitrogen and oxygen atoms in total. The Morgan fingerprint density at radius 3 is 3.08 bits per heavy atom. The zero-order valence-corrected chi connectivity index (χ0v) is 13.9. The van der Waals surface area contributed by atoms with Gasteiger partial charge >= 0.3 is 0 Å². The maximum atomic E-state index is 12.2. The van der Waals surface area contributed by atoms with Gasteiger partial charge in [-0.3, -0.25) is 9.89 Å². The molecule has 3 N–H and O–H groups in total. The van der Waals surface area contributed by atoms with E-state index in [2.05, 4.69) is 30.8 Å². The normalized spacial score (nSPS) is 10.7. The molecule has 1 aromatic carbocycles. The van der Waals surface area contributed by atoms with Crippen LogP contribution in [0.2, 0.25) is 0 Å². The number of nitrogens with one attached hydrogen (secondary N) is 3. The third kappa shape index (κ3) is 3.64. The summed E-state index contributed by atoms with van der Waals surface area (Å²) in [6.45, 7) is 0. The Labute approximate surface area is 147 Å². The summed E-state index contributed by atoms with van der Waals surface area (Å²) < 4.78 is 0. The Kier molecular flexibility index (Phi) is 4.09. The highest BCUT2D eigenvalue weighted by atomic mass is 32.1. The highest BCUT2D eigenvalue weighted by Crippen LogP contribution is 2.20. The second-order valence-corrected chi connectivity index (χ2v) is 6.24. The highest BCUT2D eigenvalue weighted by molar-refractivity contribution is 7.13. The molecule has 25 heavy (non-hydrogen) atoms. The van der Waals surface area contributed by atoms with Crippen molar-refractivity contribution in [2.45, 2.75) is 6.42 Å². The average Bonchev–Trinajstić information content (AvgIpc) is 3.24. The summed E-state index contributed by atoms with van der Waals surface area (Å²) >= 11 is 1.44. The number of hydrogen-bond acceptors (Lipinski definition) is 6. The van der Waals surface area contributed by atoms with Gasteiger partial charge < -0.3 is 10.6 Å². The van der Waals surface area contributed by atoms with Gasteiger partial charge in [0.25, 0.3) is 0 Å². The minimum Gasteiger partial charge on any atom is -0.326 e. The van der Waals surface area contributed by atoms with Crippen LogP contribution in [0.1, 0.15) is 5.69 Å². The molecule has 0 aliphatic carbocycles. The quantitative estimate of drug-likeness (QED) is 0.513. The number of amides is 1. The molecule has 0 bridgehead atoms. The Bertz CT molecular complexity index is 1010. The molecule has 0 aliphatic rings. The fourth-order valence-corrected chi connectivity index (χ4v) is 3.09. The number of fused-ring (bicyclic) bond motifs is 1. The number of hydrogen-bond donors (Lipinski definition) is 3. The summed E-state index contributed by atoms with van der Waals surface area (Å²) in [7, 11) is 0. The van der Waals surface area contributed by atoms with E-state index in [9.17, 15) is 4.79 Å². The summed E-state index contributed by atoms with van der Waals surface area (Å²) in [5.74, 6) is 0.606. The molecule has 4 rings (SSSR count). The van der Waals surface area contributed by atoms with Gasteiger partial charge in [0.05, 0.1) is 23.8 Å². The molecule has 0 fully saturated rings. The Morgan fingerprint density at radius 1 is 1.24 bits per heavy atom. The lowest BCUT2D eigenvalue weighted by Gasteiger charge is -2.04. The van der Waals surface area contributed by atoms with Crippen LogP contribution in [0.5, 0.6) is 0 Å². The van der Waals surface area contributed by atoms with Crippen LogP contribution < -0.4 is 10.6 Å². The lowest BCUT2D eigenvalue weighted by molar-refractivity contribution is -0.115. The van der Waals surface area contributed by atoms with E-state index in [1.807, 2.05) is 41.8 Å². The number of benzene rings is 1. The molecule has 0 radical (unpaired) electrons. The molecule has 124 valence electrons. The number of rotatable bonds is 5. The average molecular weight is 350 g/mol. The highest BCUT2D eigenvalue weighted by Gasteiger charge is 2.09. The van der Waals surface area contributed by atoms with E-state index < -0.39 is 0 Å². The zero-order chi connectivity index (χ0) is 17.1. The summed E-state index contributed by atoms with van der Waals surface area (Å²) in [6.07, 6.45) is 3.66. The van der Waals surface area contributed by atoms with Gasteiger partial charge in [0, 0.05) is 22.7 Å². The standard InChI is InChI=1S/C17H14N6OS/c24-16(20-12-5-4-11-9-19-23-14(11)7-12)8-13-10-25-17(21-13)22-15-3-1-2-6-18-15/h1-7,9-10H,8H2,(H,19,23)(H,20,24)(H,18,21,22). The number of nitrogens with zero attached hydrogens (tertiary/aromatic N) is 3. The van der Waals surface area contributed by atoms with Crippen LogP contribution in [-0.2, 0) is 11.2 Å². The van der Waals surface area contributed by atoms with E-state index >= 15 is 0 Å². The van der Waals surface area contributed by atoms with Crippen molar-refractivity contribution < 1.29 is 4.79 Å². The minimum atomic E-state index is -0.117. The van der Waals surface area contributed by atoms with E-state index in [1.165, 1.54) is 11.3 Å². The van der Waals surface area contributed by atoms with E-state index in [-0.39, 0.29) is 12.3 Å². The van der Waals surface area contributed by atoms with E-state index in [4.69, 9.17) is 0 Å². The maximum absolute atomic E-state index is 12.2.